The first kappa shape index (κ1) is 16.2. The minimum absolute atomic E-state index is 0.0676. The van der Waals surface area contributed by atoms with Crippen molar-refractivity contribution in [1.29, 1.82) is 0 Å². The van der Waals surface area contributed by atoms with Gasteiger partial charge in [-0.05, 0) is 44.5 Å². The Morgan fingerprint density at radius 2 is 2.08 bits per heavy atom. The Balaban J connectivity index is 1.41. The number of aliphatic hydroxyl groups is 1. The van der Waals surface area contributed by atoms with E-state index in [-0.39, 0.29) is 5.91 Å². The number of carbonyl (C=O) groups excluding carboxylic acids is 1. The maximum atomic E-state index is 12.7. The fourth-order valence-corrected chi connectivity index (χ4v) is 3.76. The highest BCUT2D eigenvalue weighted by atomic mass is 16.3. The maximum absolute atomic E-state index is 12.7. The van der Waals surface area contributed by atoms with Crippen LogP contribution < -0.4 is 0 Å². The molecule has 4 rings (SSSR count). The number of pyridine rings is 1. The number of β-amino-alcohol motifs (C(OH)–C–C–N with tert-alkyl or cyclic N) is 1. The molecule has 2 aliphatic heterocycles. The van der Waals surface area contributed by atoms with Crippen molar-refractivity contribution >= 4 is 5.91 Å². The third-order valence-electron chi connectivity index (χ3n) is 5.10. The molecule has 132 valence electrons. The lowest BCUT2D eigenvalue weighted by atomic mass is 10.0. The molecule has 25 heavy (non-hydrogen) atoms. The molecule has 1 N–H and O–H groups in total. The molecular weight excluding hydrogens is 318 g/mol. The number of rotatable bonds is 4. The Kier molecular flexibility index (Phi) is 4.27. The van der Waals surface area contributed by atoms with Gasteiger partial charge in [0.05, 0.1) is 17.7 Å². The molecular formula is C18H23N5O2. The molecule has 7 heteroatoms. The van der Waals surface area contributed by atoms with Crippen LogP contribution in [0.15, 0.2) is 37.1 Å². The predicted octanol–water partition coefficient (Wildman–Crippen LogP) is 0.940. The molecule has 0 bridgehead atoms. The van der Waals surface area contributed by atoms with Gasteiger partial charge >= 0.3 is 0 Å². The smallest absolute Gasteiger partial charge is 0.255 e. The second-order valence-corrected chi connectivity index (χ2v) is 7.06. The summed E-state index contributed by atoms with van der Waals surface area (Å²) in [5.41, 5.74) is -0.237. The summed E-state index contributed by atoms with van der Waals surface area (Å²) in [6.45, 7) is 3.75. The Labute approximate surface area is 146 Å². The number of nitrogens with zero attached hydrogens (tertiary/aromatic N) is 5. The van der Waals surface area contributed by atoms with Gasteiger partial charge in [-0.3, -0.25) is 9.36 Å². The minimum atomic E-state index is -0.788. The molecule has 4 heterocycles. The summed E-state index contributed by atoms with van der Waals surface area (Å²) in [6.07, 6.45) is 9.80. The molecule has 0 aromatic carbocycles. The van der Waals surface area contributed by atoms with Crippen LogP contribution in [0.3, 0.4) is 0 Å². The average Bonchev–Trinajstić information content (AvgIpc) is 3.36. The van der Waals surface area contributed by atoms with Crippen LogP contribution in [-0.4, -0.2) is 73.7 Å². The highest BCUT2D eigenvalue weighted by Gasteiger charge is 2.40. The normalized spacial score (nSPS) is 24.1. The molecule has 1 amide bonds. The van der Waals surface area contributed by atoms with Crippen LogP contribution in [0.5, 0.6) is 0 Å². The SMILES string of the molecule is O=C(c1ccc(-n2ccnc2)nc1)N1CCC(O)(CN2CCCC2)C1. The second kappa shape index (κ2) is 6.57. The van der Waals surface area contributed by atoms with E-state index in [1.165, 1.54) is 12.8 Å². The molecule has 1 unspecified atom stereocenters. The van der Waals surface area contributed by atoms with Gasteiger partial charge in [-0.1, -0.05) is 0 Å². The van der Waals surface area contributed by atoms with Gasteiger partial charge in [-0.15, -0.1) is 0 Å². The summed E-state index contributed by atoms with van der Waals surface area (Å²) in [5.74, 6) is 0.656. The van der Waals surface area contributed by atoms with E-state index in [4.69, 9.17) is 0 Å². The molecule has 2 fully saturated rings. The van der Waals surface area contributed by atoms with Gasteiger partial charge in [0.1, 0.15) is 12.1 Å². The standard InChI is InChI=1S/C18H23N5O2/c24-17(15-3-4-16(20-11-15)23-10-6-19-14-23)22-9-5-18(25,13-22)12-21-7-1-2-8-21/h3-4,6,10-11,14,25H,1-2,5,7-9,12-13H2. The lowest BCUT2D eigenvalue weighted by molar-refractivity contribution is 0.0175. The minimum Gasteiger partial charge on any atom is -0.387 e. The van der Waals surface area contributed by atoms with Crippen LogP contribution in [0.2, 0.25) is 0 Å². The predicted molar refractivity (Wildman–Crippen MR) is 92.5 cm³/mol. The van der Waals surface area contributed by atoms with Crippen molar-refractivity contribution in [2.75, 3.05) is 32.7 Å². The zero-order chi connectivity index (χ0) is 17.3. The first-order chi connectivity index (χ1) is 12.1. The van der Waals surface area contributed by atoms with E-state index in [1.54, 1.807) is 40.3 Å². The number of likely N-dealkylation sites (tertiary alicyclic amines) is 2. The van der Waals surface area contributed by atoms with E-state index >= 15 is 0 Å². The highest BCUT2D eigenvalue weighted by molar-refractivity contribution is 5.94. The number of imidazole rings is 1. The molecule has 2 aromatic heterocycles. The summed E-state index contributed by atoms with van der Waals surface area (Å²) in [7, 11) is 0. The van der Waals surface area contributed by atoms with Crippen LogP contribution in [0, 0.1) is 0 Å². The Morgan fingerprint density at radius 1 is 1.24 bits per heavy atom. The average molecular weight is 341 g/mol. The van der Waals surface area contributed by atoms with Crippen LogP contribution in [0.25, 0.3) is 5.82 Å². The lowest BCUT2D eigenvalue weighted by Gasteiger charge is -2.28. The third kappa shape index (κ3) is 3.43. The number of carbonyl (C=O) groups is 1. The summed E-state index contributed by atoms with van der Waals surface area (Å²) < 4.78 is 1.79. The summed E-state index contributed by atoms with van der Waals surface area (Å²) in [4.78, 5) is 25.1. The Morgan fingerprint density at radius 3 is 2.76 bits per heavy atom. The van der Waals surface area contributed by atoms with E-state index in [0.717, 1.165) is 18.9 Å². The highest BCUT2D eigenvalue weighted by Crippen LogP contribution is 2.25. The summed E-state index contributed by atoms with van der Waals surface area (Å²) in [5, 5.41) is 10.8. The zero-order valence-electron chi connectivity index (χ0n) is 14.2. The molecule has 1 atom stereocenters. The summed E-state index contributed by atoms with van der Waals surface area (Å²) in [6, 6.07) is 3.59. The van der Waals surface area contributed by atoms with Crippen molar-refractivity contribution in [3.8, 4) is 5.82 Å². The number of hydrogen-bond donors (Lipinski definition) is 1. The molecule has 2 aliphatic rings. The number of aromatic nitrogens is 3. The van der Waals surface area contributed by atoms with E-state index in [1.807, 2.05) is 6.20 Å². The van der Waals surface area contributed by atoms with Crippen LogP contribution in [0.1, 0.15) is 29.6 Å². The van der Waals surface area contributed by atoms with Gasteiger partial charge in [-0.2, -0.15) is 0 Å². The Hall–Kier alpha value is -2.25. The largest absolute Gasteiger partial charge is 0.387 e. The first-order valence-corrected chi connectivity index (χ1v) is 8.81. The molecule has 2 aromatic rings. The fourth-order valence-electron chi connectivity index (χ4n) is 3.76. The van der Waals surface area contributed by atoms with Gasteiger partial charge in [0, 0.05) is 31.7 Å². The molecule has 0 spiro atoms. The van der Waals surface area contributed by atoms with Crippen LogP contribution in [0.4, 0.5) is 0 Å². The van der Waals surface area contributed by atoms with Crippen LogP contribution in [-0.2, 0) is 0 Å². The second-order valence-electron chi connectivity index (χ2n) is 7.06. The molecule has 0 saturated carbocycles. The van der Waals surface area contributed by atoms with Gasteiger partial charge in [-0.25, -0.2) is 9.97 Å². The number of amides is 1. The van der Waals surface area contributed by atoms with Crippen molar-refractivity contribution in [1.82, 2.24) is 24.3 Å². The van der Waals surface area contributed by atoms with Crippen LogP contribution >= 0.6 is 0 Å². The van der Waals surface area contributed by atoms with E-state index in [9.17, 15) is 9.90 Å². The van der Waals surface area contributed by atoms with Crippen molar-refractivity contribution in [2.24, 2.45) is 0 Å². The van der Waals surface area contributed by atoms with E-state index in [2.05, 4.69) is 14.9 Å². The zero-order valence-corrected chi connectivity index (χ0v) is 14.2. The van der Waals surface area contributed by atoms with Gasteiger partial charge in [0.2, 0.25) is 0 Å². The van der Waals surface area contributed by atoms with Gasteiger partial charge < -0.3 is 14.9 Å². The van der Waals surface area contributed by atoms with Gasteiger partial charge in [0.15, 0.2) is 0 Å². The first-order valence-electron chi connectivity index (χ1n) is 8.81. The molecule has 0 aliphatic carbocycles. The van der Waals surface area contributed by atoms with Crippen molar-refractivity contribution in [3.63, 3.8) is 0 Å². The molecule has 0 radical (unpaired) electrons. The Bertz CT molecular complexity index is 724. The van der Waals surface area contributed by atoms with E-state index in [0.29, 0.717) is 31.6 Å². The topological polar surface area (TPSA) is 74.5 Å². The fraction of sp³-hybridized carbons (Fsp3) is 0.500. The number of hydrogen-bond acceptors (Lipinski definition) is 5. The maximum Gasteiger partial charge on any atom is 0.255 e. The monoisotopic (exact) mass is 341 g/mol. The third-order valence-corrected chi connectivity index (χ3v) is 5.10. The molecule has 2 saturated heterocycles. The van der Waals surface area contributed by atoms with Crippen molar-refractivity contribution in [2.45, 2.75) is 24.9 Å². The van der Waals surface area contributed by atoms with Crippen molar-refractivity contribution in [3.05, 3.63) is 42.6 Å². The quantitative estimate of drug-likeness (QED) is 0.896. The van der Waals surface area contributed by atoms with Crippen molar-refractivity contribution < 1.29 is 9.90 Å². The molecule has 7 nitrogen and oxygen atoms in total. The van der Waals surface area contributed by atoms with Gasteiger partial charge in [0.25, 0.3) is 5.91 Å². The van der Waals surface area contributed by atoms with E-state index < -0.39 is 5.60 Å². The lowest BCUT2D eigenvalue weighted by Crippen LogP contribution is -2.45. The summed E-state index contributed by atoms with van der Waals surface area (Å²) >= 11 is 0.